The third-order valence-corrected chi connectivity index (χ3v) is 3.19. The zero-order valence-corrected chi connectivity index (χ0v) is 10.5. The lowest BCUT2D eigenvalue weighted by molar-refractivity contribution is -0.112. The van der Waals surface area contributed by atoms with Crippen molar-refractivity contribution in [1.29, 1.82) is 0 Å². The fourth-order valence-electron chi connectivity index (χ4n) is 1.17. The summed E-state index contributed by atoms with van der Waals surface area (Å²) in [4.78, 5) is 11.1. The van der Waals surface area contributed by atoms with Gasteiger partial charge in [0.25, 0.3) is 0 Å². The molecule has 0 saturated heterocycles. The van der Waals surface area contributed by atoms with E-state index in [1.807, 2.05) is 37.3 Å². The first-order chi connectivity index (χ1) is 7.11. The molecule has 0 fully saturated rings. The molecule has 2 nitrogen and oxygen atoms in total. The number of carbonyl (C=O) groups is 1. The van der Waals surface area contributed by atoms with E-state index in [2.05, 4.69) is 21.2 Å². The highest BCUT2D eigenvalue weighted by atomic mass is 79.9. The van der Waals surface area contributed by atoms with Crippen LogP contribution in [-0.4, -0.2) is 5.78 Å². The van der Waals surface area contributed by atoms with Crippen molar-refractivity contribution in [3.05, 3.63) is 46.1 Å². The topological polar surface area (TPSA) is 29.1 Å². The Kier molecular flexibility index (Phi) is 4.56. The van der Waals surface area contributed by atoms with E-state index < -0.39 is 0 Å². The lowest BCUT2D eigenvalue weighted by Crippen LogP contribution is -2.13. The molecule has 1 aromatic rings. The van der Waals surface area contributed by atoms with Gasteiger partial charge in [-0.15, -0.1) is 0 Å². The average molecular weight is 268 g/mol. The van der Waals surface area contributed by atoms with Crippen molar-refractivity contribution < 1.29 is 4.79 Å². The Labute approximate surface area is 98.5 Å². The van der Waals surface area contributed by atoms with Crippen molar-refractivity contribution in [3.63, 3.8) is 0 Å². The first kappa shape index (κ1) is 12.0. The van der Waals surface area contributed by atoms with Crippen LogP contribution in [0.2, 0.25) is 0 Å². The number of ketones is 1. The first-order valence-corrected chi connectivity index (χ1v) is 5.55. The van der Waals surface area contributed by atoms with E-state index in [1.165, 1.54) is 12.5 Å². The molecule has 0 aliphatic carbocycles. The van der Waals surface area contributed by atoms with Crippen LogP contribution in [0.25, 0.3) is 0 Å². The van der Waals surface area contributed by atoms with Gasteiger partial charge in [0.2, 0.25) is 0 Å². The van der Waals surface area contributed by atoms with Gasteiger partial charge in [0.1, 0.15) is 0 Å². The van der Waals surface area contributed by atoms with Crippen LogP contribution in [0.4, 0.5) is 0 Å². The summed E-state index contributed by atoms with van der Waals surface area (Å²) in [6.07, 6.45) is 0. The summed E-state index contributed by atoms with van der Waals surface area (Å²) >= 11 is 3.25. The van der Waals surface area contributed by atoms with Crippen LogP contribution in [0.5, 0.6) is 0 Å². The number of hydrogen-bond donors (Lipinski definition) is 1. The maximum absolute atomic E-state index is 11.1. The molecule has 15 heavy (non-hydrogen) atoms. The van der Waals surface area contributed by atoms with Crippen LogP contribution in [-0.2, 0) is 11.3 Å². The number of rotatable bonds is 4. The van der Waals surface area contributed by atoms with Gasteiger partial charge in [0.15, 0.2) is 5.78 Å². The summed E-state index contributed by atoms with van der Waals surface area (Å²) in [6, 6.07) is 10.1. The smallest absolute Gasteiger partial charge is 0.168 e. The highest BCUT2D eigenvalue weighted by Gasteiger charge is 2.03. The van der Waals surface area contributed by atoms with Crippen molar-refractivity contribution in [2.24, 2.45) is 0 Å². The van der Waals surface area contributed by atoms with Crippen molar-refractivity contribution in [1.82, 2.24) is 5.32 Å². The molecule has 0 atom stereocenters. The van der Waals surface area contributed by atoms with Gasteiger partial charge in [0.05, 0.1) is 4.48 Å². The highest BCUT2D eigenvalue weighted by Crippen LogP contribution is 2.11. The Bertz CT molecular complexity index is 370. The molecule has 0 radical (unpaired) electrons. The molecule has 3 heteroatoms. The number of Topliss-reactive ketones (excluding diaryl/α,β-unsaturated/α-hetero) is 1. The average Bonchev–Trinajstić information content (AvgIpc) is 2.26. The van der Waals surface area contributed by atoms with E-state index in [-0.39, 0.29) is 5.78 Å². The fourth-order valence-corrected chi connectivity index (χ4v) is 1.31. The summed E-state index contributed by atoms with van der Waals surface area (Å²) in [6.45, 7) is 4.15. The Hall–Kier alpha value is -1.09. The number of carbonyl (C=O) groups excluding carboxylic acids is 1. The van der Waals surface area contributed by atoms with E-state index in [4.69, 9.17) is 0 Å². The van der Waals surface area contributed by atoms with E-state index in [1.54, 1.807) is 0 Å². The highest BCUT2D eigenvalue weighted by molar-refractivity contribution is 9.12. The number of nitrogens with one attached hydrogen (secondary N) is 1. The zero-order chi connectivity index (χ0) is 11.3. The van der Waals surface area contributed by atoms with Crippen LogP contribution in [0, 0.1) is 0 Å². The first-order valence-electron chi connectivity index (χ1n) is 4.76. The summed E-state index contributed by atoms with van der Waals surface area (Å²) in [5, 5.41) is 3.19. The molecular formula is C12H14BrNO. The van der Waals surface area contributed by atoms with Gasteiger partial charge in [-0.05, 0) is 35.3 Å². The molecule has 0 bridgehead atoms. The molecule has 0 aromatic heterocycles. The van der Waals surface area contributed by atoms with E-state index in [0.29, 0.717) is 4.48 Å². The van der Waals surface area contributed by atoms with Gasteiger partial charge in [-0.1, -0.05) is 30.3 Å². The van der Waals surface area contributed by atoms with E-state index in [9.17, 15) is 4.79 Å². The lowest BCUT2D eigenvalue weighted by atomic mass is 10.2. The second kappa shape index (κ2) is 5.71. The minimum atomic E-state index is 0.0352. The van der Waals surface area contributed by atoms with Crippen LogP contribution in [0.3, 0.4) is 0 Å². The molecule has 1 aromatic carbocycles. The normalized spacial score (nSPS) is 11.9. The van der Waals surface area contributed by atoms with Crippen molar-refractivity contribution in [3.8, 4) is 0 Å². The molecule has 0 aliphatic rings. The predicted octanol–water partition coefficient (Wildman–Crippen LogP) is 2.99. The van der Waals surface area contributed by atoms with Gasteiger partial charge in [-0.2, -0.15) is 0 Å². The second-order valence-corrected chi connectivity index (χ2v) is 4.13. The third kappa shape index (κ3) is 3.88. The third-order valence-electron chi connectivity index (χ3n) is 2.04. The number of halogens is 1. The number of benzene rings is 1. The largest absolute Gasteiger partial charge is 0.383 e. The summed E-state index contributed by atoms with van der Waals surface area (Å²) < 4.78 is 0.610. The van der Waals surface area contributed by atoms with Gasteiger partial charge < -0.3 is 5.32 Å². The second-order valence-electron chi connectivity index (χ2n) is 3.33. The molecule has 1 N–H and O–H groups in total. The minimum Gasteiger partial charge on any atom is -0.383 e. The van der Waals surface area contributed by atoms with Crippen molar-refractivity contribution in [2.45, 2.75) is 20.4 Å². The van der Waals surface area contributed by atoms with E-state index >= 15 is 0 Å². The Morgan fingerprint density at radius 1 is 1.27 bits per heavy atom. The van der Waals surface area contributed by atoms with Crippen molar-refractivity contribution in [2.75, 3.05) is 0 Å². The molecule has 0 heterocycles. The molecular weight excluding hydrogens is 254 g/mol. The van der Waals surface area contributed by atoms with Gasteiger partial charge >= 0.3 is 0 Å². The van der Waals surface area contributed by atoms with Crippen LogP contribution >= 0.6 is 15.9 Å². The quantitative estimate of drug-likeness (QED) is 0.850. The predicted molar refractivity (Wildman–Crippen MR) is 65.6 cm³/mol. The molecule has 0 aliphatic heterocycles. The molecule has 0 unspecified atom stereocenters. The van der Waals surface area contributed by atoms with Gasteiger partial charge in [-0.25, -0.2) is 0 Å². The van der Waals surface area contributed by atoms with Gasteiger partial charge in [0, 0.05) is 12.2 Å². The van der Waals surface area contributed by atoms with Crippen LogP contribution in [0.15, 0.2) is 40.5 Å². The molecule has 0 spiro atoms. The Balaban J connectivity index is 2.58. The summed E-state index contributed by atoms with van der Waals surface area (Å²) in [7, 11) is 0. The summed E-state index contributed by atoms with van der Waals surface area (Å²) in [5.41, 5.74) is 2.06. The Morgan fingerprint density at radius 2 is 1.87 bits per heavy atom. The van der Waals surface area contributed by atoms with E-state index in [0.717, 1.165) is 12.2 Å². The molecule has 1 rings (SSSR count). The van der Waals surface area contributed by atoms with Crippen molar-refractivity contribution >= 4 is 21.7 Å². The Morgan fingerprint density at radius 3 is 2.40 bits per heavy atom. The SMILES string of the molecule is CC(=O)C(Br)=C(C)NCc1ccccc1. The maximum Gasteiger partial charge on any atom is 0.168 e. The lowest BCUT2D eigenvalue weighted by Gasteiger charge is -2.08. The zero-order valence-electron chi connectivity index (χ0n) is 8.88. The number of allylic oxidation sites excluding steroid dienone is 2. The summed E-state index contributed by atoms with van der Waals surface area (Å²) in [5.74, 6) is 0.0352. The minimum absolute atomic E-state index is 0.0352. The monoisotopic (exact) mass is 267 g/mol. The maximum atomic E-state index is 11.1. The molecule has 0 amide bonds. The fraction of sp³-hybridized carbons (Fsp3) is 0.250. The van der Waals surface area contributed by atoms with Gasteiger partial charge in [-0.3, -0.25) is 4.79 Å². The molecule has 0 saturated carbocycles. The van der Waals surface area contributed by atoms with Crippen LogP contribution in [0.1, 0.15) is 19.4 Å². The number of hydrogen-bond acceptors (Lipinski definition) is 2. The standard InChI is InChI=1S/C12H14BrNO/c1-9(12(13)10(2)15)14-8-11-6-4-3-5-7-11/h3-7,14H,8H2,1-2H3. The van der Waals surface area contributed by atoms with Crippen LogP contribution < -0.4 is 5.32 Å². The molecule has 80 valence electrons.